The first kappa shape index (κ1) is 13.2. The van der Waals surface area contributed by atoms with E-state index in [1.807, 2.05) is 18.2 Å². The molecule has 4 heteroatoms. The summed E-state index contributed by atoms with van der Waals surface area (Å²) in [6.45, 7) is 4.48. The van der Waals surface area contributed by atoms with E-state index in [-0.39, 0.29) is 5.84 Å². The van der Waals surface area contributed by atoms with Crippen LogP contribution >= 0.6 is 11.6 Å². The summed E-state index contributed by atoms with van der Waals surface area (Å²) < 4.78 is 0. The van der Waals surface area contributed by atoms with Crippen LogP contribution in [0.15, 0.2) is 18.2 Å². The largest absolute Gasteiger partial charge is 0.384 e. The van der Waals surface area contributed by atoms with E-state index in [9.17, 15) is 0 Å². The van der Waals surface area contributed by atoms with Gasteiger partial charge in [-0.15, -0.1) is 0 Å². The lowest BCUT2D eigenvalue weighted by Gasteiger charge is -2.23. The number of rotatable bonds is 2. The molecule has 0 aromatic heterocycles. The van der Waals surface area contributed by atoms with Gasteiger partial charge in [-0.2, -0.15) is 0 Å². The zero-order valence-electron chi connectivity index (χ0n) is 10.7. The minimum Gasteiger partial charge on any atom is -0.384 e. The van der Waals surface area contributed by atoms with Crippen LogP contribution in [-0.2, 0) is 0 Å². The Hall–Kier alpha value is -1.22. The molecule has 0 saturated carbocycles. The Morgan fingerprint density at radius 2 is 2.17 bits per heavy atom. The van der Waals surface area contributed by atoms with Crippen molar-refractivity contribution >= 4 is 23.1 Å². The molecular formula is C14H20ClN3. The molecular weight excluding hydrogens is 246 g/mol. The van der Waals surface area contributed by atoms with Gasteiger partial charge in [0.1, 0.15) is 5.84 Å². The van der Waals surface area contributed by atoms with Crippen molar-refractivity contribution in [2.45, 2.75) is 26.2 Å². The summed E-state index contributed by atoms with van der Waals surface area (Å²) in [5.41, 5.74) is 7.22. The van der Waals surface area contributed by atoms with Crippen LogP contribution in [0.2, 0.25) is 5.02 Å². The molecule has 1 aliphatic heterocycles. The Labute approximate surface area is 113 Å². The van der Waals surface area contributed by atoms with Crippen LogP contribution in [0.3, 0.4) is 0 Å². The molecule has 1 saturated heterocycles. The van der Waals surface area contributed by atoms with Gasteiger partial charge >= 0.3 is 0 Å². The quantitative estimate of drug-likeness (QED) is 0.637. The number of nitrogen functional groups attached to an aromatic ring is 1. The molecule has 3 nitrogen and oxygen atoms in total. The molecule has 98 valence electrons. The third-order valence-electron chi connectivity index (χ3n) is 3.62. The number of hydrogen-bond acceptors (Lipinski definition) is 2. The highest BCUT2D eigenvalue weighted by Crippen LogP contribution is 2.26. The van der Waals surface area contributed by atoms with Gasteiger partial charge in [0, 0.05) is 24.3 Å². The van der Waals surface area contributed by atoms with Crippen LogP contribution in [0.25, 0.3) is 0 Å². The Morgan fingerprint density at radius 3 is 2.83 bits per heavy atom. The third-order valence-corrected chi connectivity index (χ3v) is 3.94. The predicted octanol–water partition coefficient (Wildman–Crippen LogP) is 3.25. The van der Waals surface area contributed by atoms with E-state index in [0.29, 0.717) is 10.6 Å². The van der Waals surface area contributed by atoms with Crippen molar-refractivity contribution < 1.29 is 0 Å². The molecule has 1 aromatic carbocycles. The second kappa shape index (κ2) is 5.61. The standard InChI is InChI=1S/C14H20ClN3/c1-10-3-2-7-18(8-6-10)11-4-5-12(14(16)17)13(15)9-11/h4-5,9-10H,2-3,6-8H2,1H3,(H3,16,17). The first-order valence-electron chi connectivity index (χ1n) is 6.47. The van der Waals surface area contributed by atoms with Crippen molar-refractivity contribution in [2.75, 3.05) is 18.0 Å². The van der Waals surface area contributed by atoms with Gasteiger partial charge in [0.15, 0.2) is 0 Å². The second-order valence-corrected chi connectivity index (χ2v) is 5.51. The fourth-order valence-electron chi connectivity index (χ4n) is 2.44. The van der Waals surface area contributed by atoms with Crippen LogP contribution in [0, 0.1) is 11.3 Å². The first-order valence-corrected chi connectivity index (χ1v) is 6.84. The van der Waals surface area contributed by atoms with E-state index in [2.05, 4.69) is 11.8 Å². The number of nitrogens with zero attached hydrogens (tertiary/aromatic N) is 1. The maximum atomic E-state index is 7.43. The van der Waals surface area contributed by atoms with Crippen molar-refractivity contribution in [1.82, 2.24) is 0 Å². The van der Waals surface area contributed by atoms with Crippen molar-refractivity contribution in [3.63, 3.8) is 0 Å². The minimum atomic E-state index is 0.0241. The average Bonchev–Trinajstić information content (AvgIpc) is 2.53. The van der Waals surface area contributed by atoms with Crippen molar-refractivity contribution in [3.8, 4) is 0 Å². The number of nitrogens with one attached hydrogen (secondary N) is 1. The summed E-state index contributed by atoms with van der Waals surface area (Å²) in [6.07, 6.45) is 3.76. The molecule has 1 heterocycles. The van der Waals surface area contributed by atoms with Gasteiger partial charge < -0.3 is 10.6 Å². The molecule has 0 aliphatic carbocycles. The molecule has 1 unspecified atom stereocenters. The summed E-state index contributed by atoms with van der Waals surface area (Å²) in [4.78, 5) is 2.37. The fraction of sp³-hybridized carbons (Fsp3) is 0.500. The number of benzene rings is 1. The topological polar surface area (TPSA) is 53.1 Å². The van der Waals surface area contributed by atoms with Gasteiger partial charge in [-0.3, -0.25) is 5.41 Å². The number of anilines is 1. The van der Waals surface area contributed by atoms with Gasteiger partial charge in [0.05, 0.1) is 5.02 Å². The van der Waals surface area contributed by atoms with Crippen LogP contribution < -0.4 is 10.6 Å². The summed E-state index contributed by atoms with van der Waals surface area (Å²) in [5.74, 6) is 0.831. The predicted molar refractivity (Wildman–Crippen MR) is 77.7 cm³/mol. The van der Waals surface area contributed by atoms with Gasteiger partial charge in [0.2, 0.25) is 0 Å². The second-order valence-electron chi connectivity index (χ2n) is 5.10. The smallest absolute Gasteiger partial charge is 0.124 e. The van der Waals surface area contributed by atoms with Crippen LogP contribution in [-0.4, -0.2) is 18.9 Å². The van der Waals surface area contributed by atoms with Crippen LogP contribution in [0.5, 0.6) is 0 Å². The fourth-order valence-corrected chi connectivity index (χ4v) is 2.72. The van der Waals surface area contributed by atoms with E-state index >= 15 is 0 Å². The van der Waals surface area contributed by atoms with Crippen molar-refractivity contribution in [3.05, 3.63) is 28.8 Å². The van der Waals surface area contributed by atoms with Gasteiger partial charge in [-0.1, -0.05) is 18.5 Å². The summed E-state index contributed by atoms with van der Waals surface area (Å²) in [6, 6.07) is 5.78. The lowest BCUT2D eigenvalue weighted by atomic mass is 10.0. The lowest BCUT2D eigenvalue weighted by molar-refractivity contribution is 0.521. The monoisotopic (exact) mass is 265 g/mol. The highest BCUT2D eigenvalue weighted by Gasteiger charge is 2.15. The molecule has 0 radical (unpaired) electrons. The molecule has 2 rings (SSSR count). The van der Waals surface area contributed by atoms with Gasteiger partial charge in [-0.05, 0) is 43.4 Å². The molecule has 18 heavy (non-hydrogen) atoms. The molecule has 3 N–H and O–H groups in total. The first-order chi connectivity index (χ1) is 8.58. The number of halogens is 1. The molecule has 1 atom stereocenters. The zero-order valence-corrected chi connectivity index (χ0v) is 11.5. The number of hydrogen-bond donors (Lipinski definition) is 2. The molecule has 1 aliphatic rings. The molecule has 0 bridgehead atoms. The molecule has 0 spiro atoms. The van der Waals surface area contributed by atoms with Crippen molar-refractivity contribution in [1.29, 1.82) is 5.41 Å². The summed E-state index contributed by atoms with van der Waals surface area (Å²) in [5, 5.41) is 8.00. The Morgan fingerprint density at radius 1 is 1.39 bits per heavy atom. The highest BCUT2D eigenvalue weighted by molar-refractivity contribution is 6.34. The normalized spacial score (nSPS) is 20.6. The zero-order chi connectivity index (χ0) is 13.1. The maximum absolute atomic E-state index is 7.43. The van der Waals surface area contributed by atoms with Crippen LogP contribution in [0.1, 0.15) is 31.7 Å². The van der Waals surface area contributed by atoms with E-state index in [1.165, 1.54) is 19.3 Å². The molecule has 1 fully saturated rings. The summed E-state index contributed by atoms with van der Waals surface area (Å²) in [7, 11) is 0. The number of nitrogens with two attached hydrogens (primary N) is 1. The highest BCUT2D eigenvalue weighted by atomic mass is 35.5. The van der Waals surface area contributed by atoms with Crippen molar-refractivity contribution in [2.24, 2.45) is 11.7 Å². The van der Waals surface area contributed by atoms with Gasteiger partial charge in [-0.25, -0.2) is 0 Å². The Bertz CT molecular complexity index is 445. The van der Waals surface area contributed by atoms with Crippen LogP contribution in [0.4, 0.5) is 5.69 Å². The minimum absolute atomic E-state index is 0.0241. The SMILES string of the molecule is CC1CCCN(c2ccc(C(=N)N)c(Cl)c2)CC1. The summed E-state index contributed by atoms with van der Waals surface area (Å²) >= 11 is 6.17. The Balaban J connectivity index is 2.18. The van der Waals surface area contributed by atoms with E-state index in [1.54, 1.807) is 0 Å². The number of amidine groups is 1. The molecule has 1 aromatic rings. The lowest BCUT2D eigenvalue weighted by Crippen LogP contribution is -2.24. The third kappa shape index (κ3) is 2.96. The van der Waals surface area contributed by atoms with E-state index < -0.39 is 0 Å². The maximum Gasteiger partial charge on any atom is 0.124 e. The van der Waals surface area contributed by atoms with E-state index in [4.69, 9.17) is 22.7 Å². The Kier molecular flexibility index (Phi) is 4.12. The average molecular weight is 266 g/mol. The molecule has 0 amide bonds. The van der Waals surface area contributed by atoms with Gasteiger partial charge in [0.25, 0.3) is 0 Å². The van der Waals surface area contributed by atoms with E-state index in [0.717, 1.165) is 24.7 Å².